The van der Waals surface area contributed by atoms with Gasteiger partial charge in [0.1, 0.15) is 59.8 Å². The molecule has 3 heterocycles. The average molecular weight is 938 g/mol. The third kappa shape index (κ3) is 9.76. The van der Waals surface area contributed by atoms with Crippen LogP contribution in [0, 0.1) is 0 Å². The number of nitrogens with one attached hydrogen (secondary N) is 3. The SMILES string of the molecule is CC(=O)N[C@H]1[C@H](OCCNC(=O)c2ccc(C(=O)O)c(-c3c4ccc(=O)cc-4oc4cc(O)ccc34)c2)O[C@H](CO)[C@@H](O[C@@H]2O[C@H](CO)[C@H](O)[C@H](NC(=O)c3ccc4ccccc4c3)[C@H]2O)[C@@H]1O. The maximum Gasteiger partial charge on any atom is 0.336 e. The lowest BCUT2D eigenvalue weighted by molar-refractivity contribution is -0.338. The van der Waals surface area contributed by atoms with E-state index < -0.39 is 98.2 Å². The van der Waals surface area contributed by atoms with Crippen LogP contribution in [-0.2, 0) is 23.7 Å². The van der Waals surface area contributed by atoms with E-state index in [0.717, 1.165) is 17.7 Å². The Labute approximate surface area is 385 Å². The van der Waals surface area contributed by atoms with Gasteiger partial charge < -0.3 is 75.1 Å². The number of rotatable bonds is 14. The van der Waals surface area contributed by atoms with Crippen molar-refractivity contribution in [2.45, 2.75) is 68.2 Å². The molecule has 10 atom stereocenters. The molecule has 0 unspecified atom stereocenters. The smallest absolute Gasteiger partial charge is 0.336 e. The molecule has 3 aliphatic heterocycles. The molecule has 20 nitrogen and oxygen atoms in total. The number of aliphatic hydroxyl groups is 5. The third-order valence-corrected chi connectivity index (χ3v) is 11.8. The van der Waals surface area contributed by atoms with E-state index in [2.05, 4.69) is 16.0 Å². The zero-order valence-electron chi connectivity index (χ0n) is 36.1. The minimum atomic E-state index is -1.81. The second kappa shape index (κ2) is 20.2. The predicted octanol–water partition coefficient (Wildman–Crippen LogP) is 1.07. The Kier molecular flexibility index (Phi) is 14.1. The fourth-order valence-electron chi connectivity index (χ4n) is 8.53. The highest BCUT2D eigenvalue weighted by molar-refractivity contribution is 6.09. The molecule has 8 rings (SSSR count). The largest absolute Gasteiger partial charge is 0.508 e. The van der Waals surface area contributed by atoms with E-state index in [1.165, 1.54) is 54.6 Å². The van der Waals surface area contributed by atoms with Gasteiger partial charge in [0.15, 0.2) is 18.0 Å². The predicted molar refractivity (Wildman–Crippen MR) is 239 cm³/mol. The second-order valence-electron chi connectivity index (χ2n) is 16.3. The van der Waals surface area contributed by atoms with E-state index in [1.54, 1.807) is 24.3 Å². The summed E-state index contributed by atoms with van der Waals surface area (Å²) in [7, 11) is 0. The topological polar surface area (TPSA) is 313 Å². The molecule has 4 aromatic rings. The lowest BCUT2D eigenvalue weighted by Crippen LogP contribution is -2.69. The molecule has 356 valence electrons. The molecule has 2 saturated heterocycles. The first-order chi connectivity index (χ1) is 32.6. The molecule has 0 saturated carbocycles. The summed E-state index contributed by atoms with van der Waals surface area (Å²) in [6.07, 6.45) is -12.7. The third-order valence-electron chi connectivity index (χ3n) is 11.8. The first-order valence-corrected chi connectivity index (χ1v) is 21.4. The van der Waals surface area contributed by atoms with Crippen LogP contribution in [0.4, 0.5) is 0 Å². The number of carbonyl (C=O) groups excluding carboxylic acids is 3. The van der Waals surface area contributed by atoms with Gasteiger partial charge in [-0.2, -0.15) is 0 Å². The van der Waals surface area contributed by atoms with Gasteiger partial charge in [0.05, 0.1) is 31.4 Å². The summed E-state index contributed by atoms with van der Waals surface area (Å²) in [5.74, 6) is -3.28. The number of benzene rings is 5. The number of ether oxygens (including phenoxy) is 4. The number of phenolic OH excluding ortho intramolecular Hbond substituents is 1. The maximum atomic E-state index is 13.6. The Bertz CT molecular complexity index is 2890. The normalized spacial score (nSPS) is 25.0. The number of carboxylic acids is 1. The molecule has 4 aromatic carbocycles. The number of phenols is 1. The molecule has 4 aliphatic rings. The van der Waals surface area contributed by atoms with E-state index in [-0.39, 0.29) is 57.9 Å². The van der Waals surface area contributed by atoms with Crippen molar-refractivity contribution in [2.75, 3.05) is 26.4 Å². The summed E-state index contributed by atoms with van der Waals surface area (Å²) in [6, 6.07) is 21.5. The molecule has 0 aromatic heterocycles. The van der Waals surface area contributed by atoms with Gasteiger partial charge in [-0.05, 0) is 70.9 Å². The number of hydrogen-bond acceptors (Lipinski definition) is 16. The van der Waals surface area contributed by atoms with Crippen LogP contribution in [0.3, 0.4) is 0 Å². The summed E-state index contributed by atoms with van der Waals surface area (Å²) >= 11 is 0. The van der Waals surface area contributed by atoms with E-state index in [9.17, 15) is 59.7 Å². The average Bonchev–Trinajstić information content (AvgIpc) is 3.32. The number of aromatic hydroxyl groups is 1. The van der Waals surface area contributed by atoms with Gasteiger partial charge in [0.25, 0.3) is 11.8 Å². The zero-order valence-corrected chi connectivity index (χ0v) is 36.1. The molecule has 1 aliphatic carbocycles. The van der Waals surface area contributed by atoms with Gasteiger partial charge in [-0.1, -0.05) is 30.3 Å². The van der Waals surface area contributed by atoms with Gasteiger partial charge in [-0.3, -0.25) is 19.2 Å². The summed E-state index contributed by atoms with van der Waals surface area (Å²) in [5.41, 5.74) is 0.658. The second-order valence-corrected chi connectivity index (χ2v) is 16.3. The van der Waals surface area contributed by atoms with Gasteiger partial charge in [-0.15, -0.1) is 0 Å². The maximum absolute atomic E-state index is 13.6. The number of amides is 3. The highest BCUT2D eigenvalue weighted by atomic mass is 16.7. The molecule has 0 bridgehead atoms. The Morgan fingerprint density at radius 3 is 2.16 bits per heavy atom. The van der Waals surface area contributed by atoms with Crippen LogP contribution < -0.4 is 21.4 Å². The van der Waals surface area contributed by atoms with Crippen LogP contribution >= 0.6 is 0 Å². The monoisotopic (exact) mass is 937 g/mol. The summed E-state index contributed by atoms with van der Waals surface area (Å²) in [5, 5.41) is 84.8. The van der Waals surface area contributed by atoms with Crippen molar-refractivity contribution in [3.63, 3.8) is 0 Å². The van der Waals surface area contributed by atoms with Crippen LogP contribution in [-0.4, -0.2) is 147 Å². The molecule has 68 heavy (non-hydrogen) atoms. The first kappa shape index (κ1) is 47.6. The molecular weight excluding hydrogens is 891 g/mol. The molecule has 20 heteroatoms. The lowest BCUT2D eigenvalue weighted by Gasteiger charge is -2.47. The van der Waals surface area contributed by atoms with Crippen molar-refractivity contribution < 1.29 is 78.3 Å². The minimum Gasteiger partial charge on any atom is -0.508 e. The van der Waals surface area contributed by atoms with E-state index >= 15 is 0 Å². The van der Waals surface area contributed by atoms with Crippen molar-refractivity contribution in [3.8, 4) is 28.2 Å². The van der Waals surface area contributed by atoms with Crippen molar-refractivity contribution in [1.82, 2.24) is 16.0 Å². The Balaban J connectivity index is 0.954. The summed E-state index contributed by atoms with van der Waals surface area (Å²) in [4.78, 5) is 64.2. The number of carboxylic acid groups (broad SMARTS) is 1. The fourth-order valence-corrected chi connectivity index (χ4v) is 8.53. The Morgan fingerprint density at radius 1 is 0.706 bits per heavy atom. The summed E-state index contributed by atoms with van der Waals surface area (Å²) in [6.45, 7) is -0.892. The highest BCUT2D eigenvalue weighted by Gasteiger charge is 2.52. The molecule has 2 fully saturated rings. The van der Waals surface area contributed by atoms with Crippen molar-refractivity contribution in [1.29, 1.82) is 0 Å². The van der Waals surface area contributed by atoms with Gasteiger partial charge in [-0.25, -0.2) is 4.79 Å². The lowest BCUT2D eigenvalue weighted by atomic mass is 9.89. The van der Waals surface area contributed by atoms with E-state index in [0.29, 0.717) is 16.5 Å². The molecular formula is C48H47N3O17. The van der Waals surface area contributed by atoms with Gasteiger partial charge in [0.2, 0.25) is 5.91 Å². The van der Waals surface area contributed by atoms with Gasteiger partial charge in [0, 0.05) is 53.2 Å². The van der Waals surface area contributed by atoms with Crippen LogP contribution in [0.5, 0.6) is 5.75 Å². The number of fused-ring (bicyclic) bond motifs is 3. The quantitative estimate of drug-likeness (QED) is 0.0540. The first-order valence-electron chi connectivity index (χ1n) is 21.4. The number of aliphatic hydroxyl groups excluding tert-OH is 5. The summed E-state index contributed by atoms with van der Waals surface area (Å²) < 4.78 is 29.4. The molecule has 10 N–H and O–H groups in total. The number of hydrogen-bond donors (Lipinski definition) is 10. The number of carbonyl (C=O) groups is 4. The molecule has 0 spiro atoms. The molecule has 3 amide bonds. The van der Waals surface area contributed by atoms with Crippen molar-refractivity contribution in [3.05, 3.63) is 124 Å². The fraction of sp³-hybridized carbons (Fsp3) is 0.312. The van der Waals surface area contributed by atoms with E-state index in [1.807, 2.05) is 18.2 Å². The zero-order chi connectivity index (χ0) is 48.4. The van der Waals surface area contributed by atoms with Gasteiger partial charge >= 0.3 is 5.97 Å². The van der Waals surface area contributed by atoms with Crippen LogP contribution in [0.1, 0.15) is 38.0 Å². The van der Waals surface area contributed by atoms with Crippen LogP contribution in [0.15, 0.2) is 106 Å². The standard InChI is InChI=1S/C48H47N3O17/c1-22(54)50-39-41(58)43(68-48-42(59)38(40(57)35(20-52)66-48)51-45(61)25-7-6-23-4-2-3-5-24(23)16-25)36(21-53)67-47(39)64-15-14-49-44(60)26-8-11-29(46(62)63)32(17-26)37-30-12-9-27(55)18-33(30)65-34-19-28(56)10-13-31(34)37/h2-13,16-19,35-36,38-43,47-48,52-53,55,57-59H,14-15,20-21H2,1H3,(H,49,60)(H,50,54)(H,51,61)(H,62,63)/t35-,36-,38+,39-,40+,41-,42-,43-,47-,48+/m1/s1. The van der Waals surface area contributed by atoms with Crippen molar-refractivity contribution in [2.24, 2.45) is 0 Å². The Morgan fingerprint density at radius 2 is 1.43 bits per heavy atom. The molecule has 0 radical (unpaired) electrons. The number of aromatic carboxylic acids is 1. The van der Waals surface area contributed by atoms with Crippen LogP contribution in [0.25, 0.3) is 44.2 Å². The highest BCUT2D eigenvalue weighted by Crippen LogP contribution is 2.42. The Hall–Kier alpha value is -6.85. The van der Waals surface area contributed by atoms with Crippen molar-refractivity contribution >= 4 is 45.4 Å². The van der Waals surface area contributed by atoms with E-state index in [4.69, 9.17) is 23.4 Å². The minimum absolute atomic E-state index is 0.0330. The van der Waals surface area contributed by atoms with Crippen LogP contribution in [0.2, 0.25) is 0 Å².